The van der Waals surface area contributed by atoms with Crippen LogP contribution in [0.1, 0.15) is 85.0 Å². The lowest BCUT2D eigenvalue weighted by molar-refractivity contribution is -0.217. The Balaban J connectivity index is 1.15. The third kappa shape index (κ3) is 6.85. The number of nitrogens with zero attached hydrogens (tertiary/aromatic N) is 3. The summed E-state index contributed by atoms with van der Waals surface area (Å²) in [6.07, 6.45) is 7.13. The molecule has 0 radical (unpaired) electrons. The number of Topliss-reactive ketones (excluding diaryl/α,β-unsaturated/α-hetero) is 2. The van der Waals surface area contributed by atoms with Crippen molar-refractivity contribution in [1.82, 2.24) is 25.3 Å². The van der Waals surface area contributed by atoms with E-state index in [4.69, 9.17) is 9.47 Å². The first-order valence-corrected chi connectivity index (χ1v) is 19.3. The zero-order valence-electron chi connectivity index (χ0n) is 30.6. The third-order valence-electron chi connectivity index (χ3n) is 12.8. The summed E-state index contributed by atoms with van der Waals surface area (Å²) in [5, 5.41) is 5.94. The molecule has 0 aromatic rings. The molecular weight excluding hydrogens is 641 g/mol. The van der Waals surface area contributed by atoms with E-state index in [0.29, 0.717) is 44.2 Å². The van der Waals surface area contributed by atoms with Crippen LogP contribution in [-0.4, -0.2) is 127 Å². The van der Waals surface area contributed by atoms with Gasteiger partial charge in [0, 0.05) is 49.6 Å². The number of halogens is 1. The van der Waals surface area contributed by atoms with Gasteiger partial charge in [0.05, 0.1) is 35.9 Å². The molecule has 7 rings (SSSR count). The molecular formula is C38H58FN5O6. The van der Waals surface area contributed by atoms with Crippen LogP contribution in [0.3, 0.4) is 0 Å². The van der Waals surface area contributed by atoms with Gasteiger partial charge >= 0.3 is 6.09 Å². The average molecular weight is 700 g/mol. The van der Waals surface area contributed by atoms with E-state index in [0.717, 1.165) is 51.5 Å². The Hall–Kier alpha value is -2.57. The van der Waals surface area contributed by atoms with Crippen LogP contribution in [0.25, 0.3) is 0 Å². The van der Waals surface area contributed by atoms with Crippen molar-refractivity contribution in [2.24, 2.45) is 29.6 Å². The first kappa shape index (κ1) is 35.8. The number of hydrogen-bond acceptors (Lipinski definition) is 9. The number of unbranched alkanes of at least 4 members (excludes halogenated alkanes) is 1. The van der Waals surface area contributed by atoms with E-state index in [1.807, 2.05) is 34.9 Å². The molecule has 278 valence electrons. The van der Waals surface area contributed by atoms with E-state index in [1.54, 1.807) is 6.20 Å². The number of fused-ring (bicyclic) bond motifs is 5. The highest BCUT2D eigenvalue weighted by molar-refractivity contribution is 6.20. The van der Waals surface area contributed by atoms with E-state index in [9.17, 15) is 19.2 Å². The monoisotopic (exact) mass is 699 g/mol. The summed E-state index contributed by atoms with van der Waals surface area (Å²) < 4.78 is 29.1. The first-order chi connectivity index (χ1) is 23.8. The minimum Gasteiger partial charge on any atom is -0.444 e. The molecule has 0 spiro atoms. The van der Waals surface area contributed by atoms with Gasteiger partial charge in [-0.3, -0.25) is 19.3 Å². The highest BCUT2D eigenvalue weighted by Gasteiger charge is 2.63. The molecule has 0 aromatic heterocycles. The predicted octanol–water partition coefficient (Wildman–Crippen LogP) is 3.46. The Morgan fingerprint density at radius 3 is 2.54 bits per heavy atom. The molecule has 7 aliphatic rings. The summed E-state index contributed by atoms with van der Waals surface area (Å²) >= 11 is 0. The van der Waals surface area contributed by atoms with Gasteiger partial charge < -0.3 is 29.9 Å². The van der Waals surface area contributed by atoms with Crippen LogP contribution in [0.4, 0.5) is 9.18 Å². The fourth-order valence-corrected chi connectivity index (χ4v) is 10.8. The fourth-order valence-electron chi connectivity index (χ4n) is 10.8. The number of morpholine rings is 1. The molecule has 2 saturated heterocycles. The molecule has 12 heteroatoms. The van der Waals surface area contributed by atoms with Crippen molar-refractivity contribution < 1.29 is 33.0 Å². The maximum atomic E-state index is 16.6. The van der Waals surface area contributed by atoms with Gasteiger partial charge in [0.1, 0.15) is 17.6 Å². The number of nitrogens with one attached hydrogen (secondary N) is 2. The minimum absolute atomic E-state index is 0.0191. The lowest BCUT2D eigenvalue weighted by atomic mass is 9.66. The van der Waals surface area contributed by atoms with Crippen LogP contribution in [0, 0.1) is 29.6 Å². The normalized spacial score (nSPS) is 39.7. The van der Waals surface area contributed by atoms with Crippen molar-refractivity contribution in [2.75, 3.05) is 40.3 Å². The van der Waals surface area contributed by atoms with Crippen molar-refractivity contribution in [3.05, 3.63) is 11.8 Å². The molecule has 11 nitrogen and oxygen atoms in total. The summed E-state index contributed by atoms with van der Waals surface area (Å²) in [5.74, 6) is -0.243. The summed E-state index contributed by atoms with van der Waals surface area (Å²) in [6.45, 7) is 7.88. The molecule has 50 heavy (non-hydrogen) atoms. The van der Waals surface area contributed by atoms with E-state index >= 15 is 4.39 Å². The van der Waals surface area contributed by atoms with Crippen LogP contribution in [-0.2, 0) is 23.9 Å². The van der Waals surface area contributed by atoms with Crippen molar-refractivity contribution in [3.8, 4) is 0 Å². The maximum Gasteiger partial charge on any atom is 0.407 e. The highest BCUT2D eigenvalue weighted by Crippen LogP contribution is 2.56. The van der Waals surface area contributed by atoms with E-state index in [2.05, 4.69) is 25.3 Å². The quantitative estimate of drug-likeness (QED) is 0.290. The molecule has 6 fully saturated rings. The van der Waals surface area contributed by atoms with Crippen molar-refractivity contribution in [1.29, 1.82) is 0 Å². The Bertz CT molecular complexity index is 1370. The van der Waals surface area contributed by atoms with Gasteiger partial charge in [-0.2, -0.15) is 0 Å². The second kappa shape index (κ2) is 14.1. The molecule has 11 unspecified atom stereocenters. The number of likely N-dealkylation sites (tertiary alicyclic amines) is 1. The topological polar surface area (TPSA) is 121 Å². The molecule has 4 aliphatic carbocycles. The predicted molar refractivity (Wildman–Crippen MR) is 185 cm³/mol. The van der Waals surface area contributed by atoms with Crippen LogP contribution in [0.2, 0.25) is 0 Å². The zero-order chi connectivity index (χ0) is 35.5. The standard InChI is InChI=1S/C38H58FN5O6/c1-38(2,3)50-37(48)41-21-12-15-43(19-21)32-28(39)16-26-31-35(32)49-30-18-25-24(22-10-6-7-11-23(22)33(25)45)17-29(30)44(31)20-27(34(26)46)36(47)40-13-8-9-14-42(4)5/h20-26,28-32,35H,6-19H2,1-5H3,(H,40,47)(H,41,48)/t21-,22?,23?,24?,25?,26?,28?,29?,30?,31?,32?,35?/m0/s1. The number of hydrogen-bond donors (Lipinski definition) is 2. The Kier molecular flexibility index (Phi) is 10.1. The molecule has 3 heterocycles. The van der Waals surface area contributed by atoms with E-state index in [-0.39, 0.29) is 59.6 Å². The molecule has 0 bridgehead atoms. The number of amides is 2. The molecule has 0 aromatic carbocycles. The summed E-state index contributed by atoms with van der Waals surface area (Å²) in [6, 6.07) is -1.29. The second-order valence-corrected chi connectivity index (χ2v) is 17.5. The lowest BCUT2D eigenvalue weighted by Crippen LogP contribution is -2.73. The second-order valence-electron chi connectivity index (χ2n) is 17.5. The van der Waals surface area contributed by atoms with Gasteiger partial charge in [-0.25, -0.2) is 9.18 Å². The smallest absolute Gasteiger partial charge is 0.407 e. The molecule has 12 atom stereocenters. The van der Waals surface area contributed by atoms with Crippen molar-refractivity contribution in [3.63, 3.8) is 0 Å². The van der Waals surface area contributed by atoms with E-state index in [1.165, 1.54) is 0 Å². The first-order valence-electron chi connectivity index (χ1n) is 19.3. The summed E-state index contributed by atoms with van der Waals surface area (Å²) in [7, 11) is 4.03. The number of carbonyl (C=O) groups is 4. The molecule has 3 aliphatic heterocycles. The van der Waals surface area contributed by atoms with Crippen LogP contribution in [0.5, 0.6) is 0 Å². The average Bonchev–Trinajstić information content (AvgIpc) is 3.61. The number of ketones is 2. The molecule has 2 N–H and O–H groups in total. The van der Waals surface area contributed by atoms with Crippen LogP contribution in [0.15, 0.2) is 11.8 Å². The number of ether oxygens (including phenoxy) is 2. The Morgan fingerprint density at radius 1 is 1.00 bits per heavy atom. The van der Waals surface area contributed by atoms with Gasteiger partial charge in [-0.15, -0.1) is 0 Å². The van der Waals surface area contributed by atoms with Crippen LogP contribution >= 0.6 is 0 Å². The van der Waals surface area contributed by atoms with E-state index < -0.39 is 42.0 Å². The summed E-state index contributed by atoms with van der Waals surface area (Å²) in [5.41, 5.74) is -0.506. The zero-order valence-corrected chi connectivity index (χ0v) is 30.6. The van der Waals surface area contributed by atoms with Crippen LogP contribution < -0.4 is 10.6 Å². The minimum atomic E-state index is -1.36. The van der Waals surface area contributed by atoms with Gasteiger partial charge in [0.25, 0.3) is 5.91 Å². The fraction of sp³-hybridized carbons (Fsp3) is 0.842. The van der Waals surface area contributed by atoms with Crippen molar-refractivity contribution in [2.45, 2.75) is 133 Å². The third-order valence-corrected chi connectivity index (χ3v) is 12.8. The lowest BCUT2D eigenvalue weighted by Gasteiger charge is -2.61. The summed E-state index contributed by atoms with van der Waals surface area (Å²) in [4.78, 5) is 60.5. The number of alkyl halides is 1. The number of rotatable bonds is 8. The van der Waals surface area contributed by atoms with Gasteiger partial charge in [0.15, 0.2) is 5.78 Å². The van der Waals surface area contributed by atoms with Gasteiger partial charge in [-0.05, 0) is 105 Å². The van der Waals surface area contributed by atoms with Crippen molar-refractivity contribution >= 4 is 23.6 Å². The Labute approximate surface area is 296 Å². The number of alkyl carbamates (subject to hydrolysis) is 1. The SMILES string of the molecule is CN(C)CCCCNC(=O)C1=CN2C3CC4C(CC3OC3C(N5CC[C@H](NC(=O)OC(C)(C)C)C5)C(F)CC(C1=O)C32)C(=O)C1CCCCC14. The number of carbonyl (C=O) groups excluding carboxylic acids is 4. The maximum absolute atomic E-state index is 16.6. The highest BCUT2D eigenvalue weighted by atomic mass is 19.1. The Morgan fingerprint density at radius 2 is 1.78 bits per heavy atom. The van der Waals surface area contributed by atoms with Gasteiger partial charge in [0.2, 0.25) is 0 Å². The molecule has 2 amide bonds. The molecule has 4 saturated carbocycles. The largest absolute Gasteiger partial charge is 0.444 e. The van der Waals surface area contributed by atoms with Gasteiger partial charge in [-0.1, -0.05) is 12.8 Å².